The lowest BCUT2D eigenvalue weighted by Gasteiger charge is -2.26. The number of H-pyrrole nitrogens is 1. The molecule has 7 heteroatoms. The molecule has 0 saturated carbocycles. The maximum atomic E-state index is 12.6. The van der Waals surface area contributed by atoms with Gasteiger partial charge in [-0.1, -0.05) is 12.1 Å². The molecule has 3 heterocycles. The van der Waals surface area contributed by atoms with Crippen molar-refractivity contribution < 1.29 is 14.3 Å². The zero-order chi connectivity index (χ0) is 17.4. The van der Waals surface area contributed by atoms with Gasteiger partial charge in [-0.15, -0.1) is 0 Å². The fourth-order valence-electron chi connectivity index (χ4n) is 2.92. The Balaban J connectivity index is 1.50. The minimum Gasteiger partial charge on any atom is -0.486 e. The molecule has 0 fully saturated rings. The number of hydrogen-bond acceptors (Lipinski definition) is 4. The average molecular weight is 339 g/mol. The van der Waals surface area contributed by atoms with Crippen molar-refractivity contribution in [2.45, 2.75) is 6.10 Å². The van der Waals surface area contributed by atoms with Gasteiger partial charge in [0, 0.05) is 24.8 Å². The molecule has 2 aromatic heterocycles. The van der Waals surface area contributed by atoms with Crippen LogP contribution in [0.3, 0.4) is 0 Å². The Labute approximate surface area is 143 Å². The molecule has 2 N–H and O–H groups in total. The van der Waals surface area contributed by atoms with Crippen molar-refractivity contribution >= 4 is 16.8 Å². The minimum absolute atomic E-state index is 0.169. The third-order valence-corrected chi connectivity index (χ3v) is 4.20. The monoisotopic (exact) mass is 339 g/mol. The number of ether oxygens (including phenoxy) is 2. The molecule has 1 aliphatic heterocycles. The lowest BCUT2D eigenvalue weighted by molar-refractivity contribution is 0.0790. The number of benzene rings is 1. The van der Waals surface area contributed by atoms with E-state index < -0.39 is 0 Å². The van der Waals surface area contributed by atoms with E-state index in [0.717, 1.165) is 0 Å². The lowest BCUT2D eigenvalue weighted by atomic mass is 10.1. The van der Waals surface area contributed by atoms with E-state index in [2.05, 4.69) is 10.3 Å². The number of nitrogens with zero attached hydrogens (tertiary/aromatic N) is 1. The first-order chi connectivity index (χ1) is 12.1. The van der Waals surface area contributed by atoms with Crippen LogP contribution in [0.15, 0.2) is 47.5 Å². The molecule has 0 bridgehead atoms. The highest BCUT2D eigenvalue weighted by molar-refractivity contribution is 6.05. The van der Waals surface area contributed by atoms with Crippen LogP contribution in [0.5, 0.6) is 11.5 Å². The molecule has 7 nitrogen and oxygen atoms in total. The Bertz CT molecular complexity index is 1000. The Morgan fingerprint density at radius 2 is 2.12 bits per heavy atom. The first kappa shape index (κ1) is 15.3. The maximum Gasteiger partial charge on any atom is 0.274 e. The van der Waals surface area contributed by atoms with Crippen molar-refractivity contribution in [1.82, 2.24) is 14.9 Å². The average Bonchev–Trinajstić information content (AvgIpc) is 3.12. The molecule has 0 spiro atoms. The van der Waals surface area contributed by atoms with E-state index in [0.29, 0.717) is 41.1 Å². The summed E-state index contributed by atoms with van der Waals surface area (Å²) in [5.74, 6) is 1.11. The number of fused-ring (bicyclic) bond motifs is 2. The van der Waals surface area contributed by atoms with E-state index in [1.807, 2.05) is 24.3 Å². The first-order valence-electron chi connectivity index (χ1n) is 7.97. The second-order valence-corrected chi connectivity index (χ2v) is 5.93. The van der Waals surface area contributed by atoms with Crippen LogP contribution in [0, 0.1) is 0 Å². The molecule has 1 amide bonds. The molecular weight excluding hydrogens is 322 g/mol. The number of aryl methyl sites for hydroxylation is 1. The number of pyridine rings is 1. The van der Waals surface area contributed by atoms with Crippen LogP contribution in [0.25, 0.3) is 10.9 Å². The molecule has 1 atom stereocenters. The fraction of sp³-hybridized carbons (Fsp3) is 0.222. The van der Waals surface area contributed by atoms with Crippen LogP contribution >= 0.6 is 0 Å². The third-order valence-electron chi connectivity index (χ3n) is 4.20. The summed E-state index contributed by atoms with van der Waals surface area (Å²) in [5.41, 5.74) is 0.689. The van der Waals surface area contributed by atoms with Gasteiger partial charge < -0.3 is 24.3 Å². The number of carbonyl (C=O) groups excluding carboxylic acids is 1. The number of aromatic amines is 1. The largest absolute Gasteiger partial charge is 0.486 e. The van der Waals surface area contributed by atoms with Gasteiger partial charge in [-0.3, -0.25) is 9.59 Å². The Kier molecular flexibility index (Phi) is 3.68. The second-order valence-electron chi connectivity index (χ2n) is 5.93. The normalized spacial score (nSPS) is 16.0. The Morgan fingerprint density at radius 1 is 1.32 bits per heavy atom. The number of para-hydroxylation sites is 2. The zero-order valence-electron chi connectivity index (χ0n) is 13.6. The molecule has 0 aliphatic carbocycles. The van der Waals surface area contributed by atoms with E-state index >= 15 is 0 Å². The summed E-state index contributed by atoms with van der Waals surface area (Å²) in [5, 5.41) is 3.46. The van der Waals surface area contributed by atoms with Gasteiger partial charge >= 0.3 is 0 Å². The number of amides is 1. The van der Waals surface area contributed by atoms with Crippen molar-refractivity contribution in [2.75, 3.05) is 13.2 Å². The summed E-state index contributed by atoms with van der Waals surface area (Å²) in [6.07, 6.45) is 2.92. The number of rotatable bonds is 3. The minimum atomic E-state index is -0.270. The quantitative estimate of drug-likeness (QED) is 0.756. The van der Waals surface area contributed by atoms with Gasteiger partial charge in [-0.25, -0.2) is 0 Å². The summed E-state index contributed by atoms with van der Waals surface area (Å²) in [7, 11) is 1.62. The van der Waals surface area contributed by atoms with Crippen LogP contribution < -0.4 is 20.3 Å². The second kappa shape index (κ2) is 6.01. The van der Waals surface area contributed by atoms with Gasteiger partial charge in [0.05, 0.1) is 12.1 Å². The molecule has 0 radical (unpaired) electrons. The molecule has 1 aromatic carbocycles. The first-order valence-corrected chi connectivity index (χ1v) is 7.97. The van der Waals surface area contributed by atoms with E-state index in [1.165, 1.54) is 4.57 Å². The van der Waals surface area contributed by atoms with E-state index in [4.69, 9.17) is 9.47 Å². The summed E-state index contributed by atoms with van der Waals surface area (Å²) < 4.78 is 12.9. The summed E-state index contributed by atoms with van der Waals surface area (Å²) >= 11 is 0. The van der Waals surface area contributed by atoms with Crippen LogP contribution in [-0.4, -0.2) is 34.7 Å². The van der Waals surface area contributed by atoms with Crippen molar-refractivity contribution in [3.05, 3.63) is 58.6 Å². The van der Waals surface area contributed by atoms with Crippen molar-refractivity contribution in [3.63, 3.8) is 0 Å². The third kappa shape index (κ3) is 2.73. The van der Waals surface area contributed by atoms with Gasteiger partial charge in [0.1, 0.15) is 18.2 Å². The summed E-state index contributed by atoms with van der Waals surface area (Å²) in [6.45, 7) is 0.673. The van der Waals surface area contributed by atoms with E-state index in [9.17, 15) is 9.59 Å². The highest BCUT2D eigenvalue weighted by Crippen LogP contribution is 2.30. The van der Waals surface area contributed by atoms with Crippen molar-refractivity contribution in [3.8, 4) is 11.5 Å². The van der Waals surface area contributed by atoms with Crippen LogP contribution in [0.2, 0.25) is 0 Å². The lowest BCUT2D eigenvalue weighted by Crippen LogP contribution is -2.41. The molecule has 4 rings (SSSR count). The molecule has 1 unspecified atom stereocenters. The van der Waals surface area contributed by atoms with Gasteiger partial charge in [0.15, 0.2) is 11.5 Å². The molecule has 1 aliphatic rings. The maximum absolute atomic E-state index is 12.6. The van der Waals surface area contributed by atoms with Crippen LogP contribution in [0.1, 0.15) is 10.4 Å². The smallest absolute Gasteiger partial charge is 0.274 e. The zero-order valence-corrected chi connectivity index (χ0v) is 13.6. The van der Waals surface area contributed by atoms with Gasteiger partial charge in [0.2, 0.25) is 0 Å². The van der Waals surface area contributed by atoms with Gasteiger partial charge in [-0.2, -0.15) is 0 Å². The van der Waals surface area contributed by atoms with Gasteiger partial charge in [-0.05, 0) is 18.2 Å². The van der Waals surface area contributed by atoms with Crippen molar-refractivity contribution in [1.29, 1.82) is 0 Å². The molecule has 3 aromatic rings. The predicted octanol–water partition coefficient (Wildman–Crippen LogP) is 1.44. The Morgan fingerprint density at radius 3 is 2.96 bits per heavy atom. The summed E-state index contributed by atoms with van der Waals surface area (Å²) in [6, 6.07) is 9.15. The Hall–Kier alpha value is -3.22. The SMILES string of the molecule is Cn1cc(C(=O)NCC2COc3ccccc3O2)c2cc[nH]c2c1=O. The topological polar surface area (TPSA) is 85.3 Å². The molecule has 25 heavy (non-hydrogen) atoms. The molecule has 128 valence electrons. The van der Waals surface area contributed by atoms with Crippen molar-refractivity contribution in [2.24, 2.45) is 7.05 Å². The van der Waals surface area contributed by atoms with E-state index in [-0.39, 0.29) is 17.6 Å². The number of hydrogen-bond donors (Lipinski definition) is 2. The van der Waals surface area contributed by atoms with Crippen LogP contribution in [0.4, 0.5) is 0 Å². The standard InChI is InChI=1S/C18H17N3O4/c1-21-9-13(12-6-7-19-16(12)18(21)23)17(22)20-8-11-10-24-14-4-2-3-5-15(14)25-11/h2-7,9,11,19H,8,10H2,1H3,(H,20,22). The number of carbonyl (C=O) groups is 1. The number of nitrogens with one attached hydrogen (secondary N) is 2. The highest BCUT2D eigenvalue weighted by atomic mass is 16.6. The van der Waals surface area contributed by atoms with Gasteiger partial charge in [0.25, 0.3) is 11.5 Å². The molecule has 0 saturated heterocycles. The molecular formula is C18H17N3O4. The fourth-order valence-corrected chi connectivity index (χ4v) is 2.92. The number of aromatic nitrogens is 2. The highest BCUT2D eigenvalue weighted by Gasteiger charge is 2.22. The summed E-state index contributed by atoms with van der Waals surface area (Å²) in [4.78, 5) is 27.5. The van der Waals surface area contributed by atoms with E-state index in [1.54, 1.807) is 25.5 Å². The van der Waals surface area contributed by atoms with Crippen LogP contribution in [-0.2, 0) is 7.05 Å². The predicted molar refractivity (Wildman–Crippen MR) is 92.2 cm³/mol.